The molecule has 10 nitrogen and oxygen atoms in total. The fraction of sp³-hybridized carbons (Fsp3) is 0.176. The first kappa shape index (κ1) is 18.0. The number of hydrazine groups is 1. The molecule has 0 bridgehead atoms. The molecule has 0 radical (unpaired) electrons. The molecule has 10 heteroatoms. The smallest absolute Gasteiger partial charge is 0.272 e. The third kappa shape index (κ3) is 3.89. The predicted octanol–water partition coefficient (Wildman–Crippen LogP) is 1.48. The van der Waals surface area contributed by atoms with Crippen molar-refractivity contribution in [2.45, 2.75) is 0 Å². The number of carbonyl (C=O) groups is 2. The van der Waals surface area contributed by atoms with E-state index in [2.05, 4.69) is 16.2 Å². The van der Waals surface area contributed by atoms with Crippen LogP contribution in [0.1, 0.15) is 20.7 Å². The number of benzene rings is 2. The number of hydrogen-bond acceptors (Lipinski definition) is 7. The highest BCUT2D eigenvalue weighted by Crippen LogP contribution is 2.30. The van der Waals surface area contributed by atoms with Crippen molar-refractivity contribution in [1.29, 1.82) is 0 Å². The number of nitrogens with zero attached hydrogens (tertiary/aromatic N) is 1. The van der Waals surface area contributed by atoms with Gasteiger partial charge in [0.1, 0.15) is 13.2 Å². The Morgan fingerprint density at radius 1 is 1.00 bits per heavy atom. The summed E-state index contributed by atoms with van der Waals surface area (Å²) in [5.74, 6) is -0.292. The lowest BCUT2D eigenvalue weighted by Gasteiger charge is -2.18. The summed E-state index contributed by atoms with van der Waals surface area (Å²) in [6.45, 7) is 0.819. The number of ether oxygens (including phenoxy) is 2. The van der Waals surface area contributed by atoms with Crippen LogP contribution >= 0.6 is 0 Å². The van der Waals surface area contributed by atoms with Gasteiger partial charge in [-0.1, -0.05) is 0 Å². The van der Waals surface area contributed by atoms with Crippen molar-refractivity contribution < 1.29 is 24.0 Å². The minimum Gasteiger partial charge on any atom is -0.486 e. The Morgan fingerprint density at radius 2 is 1.70 bits per heavy atom. The number of rotatable bonds is 4. The molecule has 0 unspecified atom stereocenters. The van der Waals surface area contributed by atoms with Crippen LogP contribution in [0.5, 0.6) is 11.5 Å². The van der Waals surface area contributed by atoms with Gasteiger partial charge < -0.3 is 14.8 Å². The van der Waals surface area contributed by atoms with Gasteiger partial charge in [-0.05, 0) is 24.3 Å². The van der Waals surface area contributed by atoms with E-state index in [1.807, 2.05) is 0 Å². The van der Waals surface area contributed by atoms with E-state index in [1.54, 1.807) is 13.1 Å². The van der Waals surface area contributed by atoms with Crippen LogP contribution in [-0.2, 0) is 0 Å². The summed E-state index contributed by atoms with van der Waals surface area (Å²) in [4.78, 5) is 34.9. The number of anilines is 1. The first-order valence-corrected chi connectivity index (χ1v) is 7.96. The van der Waals surface area contributed by atoms with E-state index < -0.39 is 16.7 Å². The summed E-state index contributed by atoms with van der Waals surface area (Å²) in [7, 11) is 1.58. The van der Waals surface area contributed by atoms with Crippen LogP contribution in [-0.4, -0.2) is 37.0 Å². The third-order valence-electron chi connectivity index (χ3n) is 3.82. The van der Waals surface area contributed by atoms with Gasteiger partial charge in [-0.15, -0.1) is 0 Å². The van der Waals surface area contributed by atoms with Crippen molar-refractivity contribution in [3.05, 3.63) is 57.6 Å². The molecule has 0 atom stereocenters. The van der Waals surface area contributed by atoms with E-state index >= 15 is 0 Å². The zero-order valence-electron chi connectivity index (χ0n) is 14.3. The Hall–Kier alpha value is -3.82. The van der Waals surface area contributed by atoms with Crippen LogP contribution in [0.25, 0.3) is 0 Å². The Labute approximate surface area is 153 Å². The van der Waals surface area contributed by atoms with Crippen molar-refractivity contribution in [2.75, 3.05) is 25.6 Å². The SMILES string of the molecule is CNc1ccc([N+](=O)[O-])cc1C(=O)NNC(=O)c1ccc2c(c1)OCCO2. The Kier molecular flexibility index (Phi) is 5.06. The predicted molar refractivity (Wildman–Crippen MR) is 95.0 cm³/mol. The molecule has 1 heterocycles. The zero-order valence-corrected chi connectivity index (χ0v) is 14.3. The van der Waals surface area contributed by atoms with Crippen LogP contribution in [0.2, 0.25) is 0 Å². The number of nitro groups is 1. The lowest BCUT2D eigenvalue weighted by molar-refractivity contribution is -0.384. The average molecular weight is 372 g/mol. The number of hydrogen-bond donors (Lipinski definition) is 3. The minimum absolute atomic E-state index is 0.0224. The second kappa shape index (κ2) is 7.60. The molecule has 0 spiro atoms. The maximum Gasteiger partial charge on any atom is 0.272 e. The number of carbonyl (C=O) groups excluding carboxylic acids is 2. The summed E-state index contributed by atoms with van der Waals surface area (Å²) in [5, 5.41) is 13.7. The van der Waals surface area contributed by atoms with Crippen LogP contribution in [0, 0.1) is 10.1 Å². The Morgan fingerprint density at radius 3 is 2.41 bits per heavy atom. The van der Waals surface area contributed by atoms with E-state index in [9.17, 15) is 19.7 Å². The molecule has 2 aromatic rings. The Balaban J connectivity index is 1.71. The van der Waals surface area contributed by atoms with E-state index in [0.29, 0.717) is 30.4 Å². The molecule has 0 aliphatic carbocycles. The van der Waals surface area contributed by atoms with Crippen LogP contribution in [0.4, 0.5) is 11.4 Å². The van der Waals surface area contributed by atoms with Crippen LogP contribution < -0.4 is 25.6 Å². The highest BCUT2D eigenvalue weighted by Gasteiger charge is 2.18. The molecule has 0 saturated heterocycles. The second-order valence-corrected chi connectivity index (χ2v) is 5.50. The molecule has 2 amide bonds. The van der Waals surface area contributed by atoms with Gasteiger partial charge in [-0.25, -0.2) is 0 Å². The minimum atomic E-state index is -0.700. The number of nitro benzene ring substituents is 1. The molecule has 0 aromatic heterocycles. The van der Waals surface area contributed by atoms with Gasteiger partial charge in [0.25, 0.3) is 17.5 Å². The molecule has 1 aliphatic rings. The fourth-order valence-corrected chi connectivity index (χ4v) is 2.49. The summed E-state index contributed by atoms with van der Waals surface area (Å²) in [6.07, 6.45) is 0. The first-order valence-electron chi connectivity index (χ1n) is 7.96. The third-order valence-corrected chi connectivity index (χ3v) is 3.82. The van der Waals surface area contributed by atoms with Gasteiger partial charge in [0.2, 0.25) is 0 Å². The fourth-order valence-electron chi connectivity index (χ4n) is 2.49. The largest absolute Gasteiger partial charge is 0.486 e. The van der Waals surface area contributed by atoms with E-state index in [-0.39, 0.29) is 16.8 Å². The molecule has 27 heavy (non-hydrogen) atoms. The summed E-state index contributed by atoms with van der Waals surface area (Å²) >= 11 is 0. The standard InChI is InChI=1S/C17H16N4O6/c1-18-13-4-3-11(21(24)25)9-12(13)17(23)20-19-16(22)10-2-5-14-15(8-10)27-7-6-26-14/h2-5,8-9,18H,6-7H2,1H3,(H,19,22)(H,20,23). The molecule has 140 valence electrons. The normalized spacial score (nSPS) is 12.0. The molecule has 0 saturated carbocycles. The molecule has 2 aromatic carbocycles. The van der Waals surface area contributed by atoms with Crippen molar-refractivity contribution >= 4 is 23.2 Å². The molecular formula is C17H16N4O6. The molecule has 3 rings (SSSR count). The average Bonchev–Trinajstić information content (AvgIpc) is 2.70. The van der Waals surface area contributed by atoms with Crippen LogP contribution in [0.3, 0.4) is 0 Å². The van der Waals surface area contributed by atoms with E-state index in [1.165, 1.54) is 24.3 Å². The van der Waals surface area contributed by atoms with Crippen molar-refractivity contribution in [3.8, 4) is 11.5 Å². The van der Waals surface area contributed by atoms with Gasteiger partial charge >= 0.3 is 0 Å². The summed E-state index contributed by atoms with van der Waals surface area (Å²) < 4.78 is 10.8. The maximum absolute atomic E-state index is 12.3. The molecule has 0 fully saturated rings. The highest BCUT2D eigenvalue weighted by molar-refractivity contribution is 6.02. The summed E-state index contributed by atoms with van der Waals surface area (Å²) in [5.41, 5.74) is 4.94. The zero-order chi connectivity index (χ0) is 19.4. The van der Waals surface area contributed by atoms with Gasteiger partial charge in [0.15, 0.2) is 11.5 Å². The lowest BCUT2D eigenvalue weighted by atomic mass is 10.1. The topological polar surface area (TPSA) is 132 Å². The maximum atomic E-state index is 12.3. The number of amides is 2. The highest BCUT2D eigenvalue weighted by atomic mass is 16.6. The lowest BCUT2D eigenvalue weighted by Crippen LogP contribution is -2.41. The van der Waals surface area contributed by atoms with Gasteiger partial charge in [-0.2, -0.15) is 0 Å². The number of nitrogens with one attached hydrogen (secondary N) is 3. The monoisotopic (exact) mass is 372 g/mol. The van der Waals surface area contributed by atoms with Crippen LogP contribution in [0.15, 0.2) is 36.4 Å². The first-order chi connectivity index (χ1) is 13.0. The Bertz CT molecular complexity index is 914. The number of fused-ring (bicyclic) bond motifs is 1. The van der Waals surface area contributed by atoms with E-state index in [4.69, 9.17) is 9.47 Å². The van der Waals surface area contributed by atoms with Crippen molar-refractivity contribution in [1.82, 2.24) is 10.9 Å². The second-order valence-electron chi connectivity index (χ2n) is 5.50. The molecule has 1 aliphatic heterocycles. The van der Waals surface area contributed by atoms with E-state index in [0.717, 1.165) is 6.07 Å². The number of non-ortho nitro benzene ring substituents is 1. The van der Waals surface area contributed by atoms with Gasteiger partial charge in [0.05, 0.1) is 10.5 Å². The quantitative estimate of drug-likeness (QED) is 0.547. The van der Waals surface area contributed by atoms with Gasteiger partial charge in [0, 0.05) is 30.4 Å². The molecule has 3 N–H and O–H groups in total. The molecular weight excluding hydrogens is 356 g/mol. The summed E-state index contributed by atoms with van der Waals surface area (Å²) in [6, 6.07) is 8.44. The van der Waals surface area contributed by atoms with Crippen molar-refractivity contribution in [2.24, 2.45) is 0 Å². The van der Waals surface area contributed by atoms with Crippen molar-refractivity contribution in [3.63, 3.8) is 0 Å². The van der Waals surface area contributed by atoms with Gasteiger partial charge in [-0.3, -0.25) is 30.6 Å².